The molecule has 0 radical (unpaired) electrons. The molecule has 0 unspecified atom stereocenters. The number of sulfone groups is 1. The molecule has 0 aliphatic heterocycles. The van der Waals surface area contributed by atoms with Gasteiger partial charge in [0.2, 0.25) is 0 Å². The van der Waals surface area contributed by atoms with Gasteiger partial charge in [0.25, 0.3) is 0 Å². The predicted molar refractivity (Wildman–Crippen MR) is 56.1 cm³/mol. The van der Waals surface area contributed by atoms with Gasteiger partial charge in [-0.05, 0) is 0 Å². The highest BCUT2D eigenvalue weighted by atomic mass is 32.2. The van der Waals surface area contributed by atoms with Gasteiger partial charge < -0.3 is 9.67 Å². The van der Waals surface area contributed by atoms with Crippen LogP contribution in [0, 0.1) is 0 Å². The van der Waals surface area contributed by atoms with Gasteiger partial charge in [-0.3, -0.25) is 0 Å². The van der Waals surface area contributed by atoms with E-state index in [2.05, 4.69) is 0 Å². The Labute approximate surface area is 101 Å². The van der Waals surface area contributed by atoms with Crippen LogP contribution in [0.4, 0.5) is 13.2 Å². The van der Waals surface area contributed by atoms with E-state index in [1.807, 2.05) is 0 Å². The molecule has 102 valence electrons. The molecule has 9 heteroatoms. The van der Waals surface area contributed by atoms with E-state index in [1.54, 1.807) is 0 Å². The number of carboxylic acids is 1. The Morgan fingerprint density at radius 2 is 1.94 bits per heavy atom. The number of halogens is 3. The predicted octanol–water partition coefficient (Wildman–Crippen LogP) is 1.25. The van der Waals surface area contributed by atoms with E-state index in [-0.39, 0.29) is 12.3 Å². The lowest BCUT2D eigenvalue weighted by Crippen LogP contribution is -2.10. The van der Waals surface area contributed by atoms with Crippen LogP contribution in [0.5, 0.6) is 0 Å². The summed E-state index contributed by atoms with van der Waals surface area (Å²) in [6, 6.07) is 0. The van der Waals surface area contributed by atoms with Gasteiger partial charge in [-0.2, -0.15) is 13.2 Å². The van der Waals surface area contributed by atoms with E-state index in [4.69, 9.17) is 5.11 Å². The van der Waals surface area contributed by atoms with Crippen molar-refractivity contribution in [3.8, 4) is 0 Å². The molecule has 1 aromatic heterocycles. The van der Waals surface area contributed by atoms with Gasteiger partial charge in [0, 0.05) is 25.2 Å². The Morgan fingerprint density at radius 1 is 1.39 bits per heavy atom. The van der Waals surface area contributed by atoms with Crippen LogP contribution >= 0.6 is 0 Å². The van der Waals surface area contributed by atoms with Gasteiger partial charge in [0.1, 0.15) is 9.84 Å². The molecule has 0 aliphatic rings. The molecule has 0 saturated carbocycles. The number of rotatable bonds is 4. The molecule has 1 N–H and O–H groups in total. The maximum atomic E-state index is 12.5. The molecule has 1 rings (SSSR count). The lowest BCUT2D eigenvalue weighted by Gasteiger charge is -2.04. The summed E-state index contributed by atoms with van der Waals surface area (Å²) in [6.07, 6.45) is -2.48. The fourth-order valence-corrected chi connectivity index (χ4v) is 1.85. The molecule has 1 aromatic rings. The Bertz CT molecular complexity index is 559. The van der Waals surface area contributed by atoms with Crippen LogP contribution < -0.4 is 0 Å². The smallest absolute Gasteiger partial charge is 0.418 e. The molecule has 18 heavy (non-hydrogen) atoms. The largest absolute Gasteiger partial charge is 0.478 e. The van der Waals surface area contributed by atoms with Gasteiger partial charge >= 0.3 is 12.1 Å². The Hall–Kier alpha value is -1.51. The van der Waals surface area contributed by atoms with Crippen molar-refractivity contribution in [2.45, 2.75) is 12.7 Å². The van der Waals surface area contributed by atoms with Crippen LogP contribution in [0.2, 0.25) is 0 Å². The van der Waals surface area contributed by atoms with Crippen LogP contribution in [-0.2, 0) is 22.6 Å². The van der Waals surface area contributed by atoms with Crippen LogP contribution in [0.1, 0.15) is 15.9 Å². The Kier molecular flexibility index (Phi) is 3.75. The molecule has 0 aliphatic carbocycles. The maximum absolute atomic E-state index is 12.5. The molecule has 1 heterocycles. The number of nitrogens with zero attached hydrogens (tertiary/aromatic N) is 1. The standard InChI is InChI=1S/C9H10F3NO4S/c1-18(16,17)3-2-13-4-6(8(14)15)7(5-13)9(10,11)12/h4-5H,2-3H2,1H3,(H,14,15). The van der Waals surface area contributed by atoms with Crippen molar-refractivity contribution in [1.82, 2.24) is 4.57 Å². The zero-order valence-corrected chi connectivity index (χ0v) is 10.0. The van der Waals surface area contributed by atoms with E-state index >= 15 is 0 Å². The Balaban J connectivity index is 3.08. The second-order valence-corrected chi connectivity index (χ2v) is 6.02. The average molecular weight is 285 g/mol. The van der Waals surface area contributed by atoms with Gasteiger partial charge in [-0.1, -0.05) is 0 Å². The van der Waals surface area contributed by atoms with Crippen LogP contribution in [-0.4, -0.2) is 36.1 Å². The lowest BCUT2D eigenvalue weighted by atomic mass is 10.2. The van der Waals surface area contributed by atoms with Crippen molar-refractivity contribution >= 4 is 15.8 Å². The van der Waals surface area contributed by atoms with Crippen molar-refractivity contribution in [2.75, 3.05) is 12.0 Å². The van der Waals surface area contributed by atoms with E-state index in [0.29, 0.717) is 6.20 Å². The summed E-state index contributed by atoms with van der Waals surface area (Å²) in [4.78, 5) is 10.7. The minimum atomic E-state index is -4.79. The molecular formula is C9H10F3NO4S. The Morgan fingerprint density at radius 3 is 2.28 bits per heavy atom. The number of hydrogen-bond acceptors (Lipinski definition) is 3. The fourth-order valence-electron chi connectivity index (χ4n) is 1.30. The molecular weight excluding hydrogens is 275 g/mol. The monoisotopic (exact) mass is 285 g/mol. The van der Waals surface area contributed by atoms with E-state index in [0.717, 1.165) is 17.0 Å². The summed E-state index contributed by atoms with van der Waals surface area (Å²) in [6.45, 7) is -0.227. The van der Waals surface area contributed by atoms with E-state index in [9.17, 15) is 26.4 Å². The SMILES string of the molecule is CS(=O)(=O)CCn1cc(C(=O)O)c(C(F)(F)F)c1. The number of hydrogen-bond donors (Lipinski definition) is 1. The molecule has 0 amide bonds. The van der Waals surface area contributed by atoms with Crippen molar-refractivity contribution in [3.05, 3.63) is 23.5 Å². The molecule has 0 fully saturated rings. The minimum absolute atomic E-state index is 0.227. The number of aromatic nitrogens is 1. The van der Waals surface area contributed by atoms with Gasteiger partial charge in [-0.25, -0.2) is 13.2 Å². The summed E-state index contributed by atoms with van der Waals surface area (Å²) in [5.41, 5.74) is -2.18. The van der Waals surface area contributed by atoms with Crippen LogP contribution in [0.25, 0.3) is 0 Å². The zero-order valence-electron chi connectivity index (χ0n) is 9.23. The second kappa shape index (κ2) is 4.63. The highest BCUT2D eigenvalue weighted by Gasteiger charge is 2.36. The lowest BCUT2D eigenvalue weighted by molar-refractivity contribution is -0.138. The molecule has 0 atom stereocenters. The van der Waals surface area contributed by atoms with Gasteiger partial charge in [0.05, 0.1) is 16.9 Å². The summed E-state index contributed by atoms with van der Waals surface area (Å²) in [5, 5.41) is 8.64. The van der Waals surface area contributed by atoms with Crippen molar-refractivity contribution in [1.29, 1.82) is 0 Å². The first-order valence-corrected chi connectivity index (χ1v) is 6.75. The number of carbonyl (C=O) groups is 1. The molecule has 0 saturated heterocycles. The van der Waals surface area contributed by atoms with Gasteiger partial charge in [0.15, 0.2) is 0 Å². The topological polar surface area (TPSA) is 76.4 Å². The van der Waals surface area contributed by atoms with E-state index in [1.165, 1.54) is 0 Å². The van der Waals surface area contributed by atoms with Crippen LogP contribution in [0.15, 0.2) is 12.4 Å². The minimum Gasteiger partial charge on any atom is -0.478 e. The van der Waals surface area contributed by atoms with Crippen LogP contribution in [0.3, 0.4) is 0 Å². The third-order valence-corrected chi connectivity index (χ3v) is 3.06. The van der Waals surface area contributed by atoms with Crippen molar-refractivity contribution < 1.29 is 31.5 Å². The molecule has 0 aromatic carbocycles. The first kappa shape index (κ1) is 14.6. The highest BCUT2D eigenvalue weighted by Crippen LogP contribution is 2.32. The summed E-state index contributed by atoms with van der Waals surface area (Å²) < 4.78 is 60.2. The number of aryl methyl sites for hydroxylation is 1. The van der Waals surface area contributed by atoms with Gasteiger partial charge in [-0.15, -0.1) is 0 Å². The maximum Gasteiger partial charge on any atom is 0.418 e. The first-order valence-electron chi connectivity index (χ1n) is 4.68. The average Bonchev–Trinajstić information content (AvgIpc) is 2.56. The van der Waals surface area contributed by atoms with E-state index < -0.39 is 33.1 Å². The quantitative estimate of drug-likeness (QED) is 0.903. The summed E-state index contributed by atoms with van der Waals surface area (Å²) >= 11 is 0. The zero-order chi connectivity index (χ0) is 14.1. The second-order valence-electron chi connectivity index (χ2n) is 3.76. The molecule has 0 spiro atoms. The number of alkyl halides is 3. The highest BCUT2D eigenvalue weighted by molar-refractivity contribution is 7.90. The number of carboxylic acid groups (broad SMARTS) is 1. The molecule has 5 nitrogen and oxygen atoms in total. The van der Waals surface area contributed by atoms with Crippen molar-refractivity contribution in [3.63, 3.8) is 0 Å². The number of aromatic carboxylic acids is 1. The summed E-state index contributed by atoms with van der Waals surface area (Å²) in [5.74, 6) is -2.07. The fraction of sp³-hybridized carbons (Fsp3) is 0.444. The first-order chi connectivity index (χ1) is 8.00. The third-order valence-electron chi connectivity index (χ3n) is 2.14. The van der Waals surface area contributed by atoms with Crippen molar-refractivity contribution in [2.24, 2.45) is 0 Å². The third kappa shape index (κ3) is 3.76. The normalized spacial score (nSPS) is 12.7. The molecule has 0 bridgehead atoms. The summed E-state index contributed by atoms with van der Waals surface area (Å²) in [7, 11) is -3.33.